The predicted octanol–water partition coefficient (Wildman–Crippen LogP) is 2.37. The lowest BCUT2D eigenvalue weighted by molar-refractivity contribution is 0.662. The van der Waals surface area contributed by atoms with Gasteiger partial charge in [-0.25, -0.2) is 4.98 Å². The van der Waals surface area contributed by atoms with Crippen molar-refractivity contribution >= 4 is 28.2 Å². The maximum absolute atomic E-state index is 4.55. The van der Waals surface area contributed by atoms with Gasteiger partial charge in [0, 0.05) is 41.2 Å². The number of anilines is 1. The Morgan fingerprint density at radius 1 is 1.62 bits per heavy atom. The lowest BCUT2D eigenvalue weighted by Gasteiger charge is -2.32. The van der Waals surface area contributed by atoms with Crippen molar-refractivity contribution in [3.8, 4) is 0 Å². The molecule has 0 aromatic carbocycles. The number of aromatic nitrogens is 1. The molecule has 0 radical (unpaired) electrons. The number of thioether (sulfide) groups is 1. The first-order valence-electron chi connectivity index (χ1n) is 5.69. The summed E-state index contributed by atoms with van der Waals surface area (Å²) in [5, 5.41) is 4.44. The van der Waals surface area contributed by atoms with Crippen LogP contribution in [0.25, 0.3) is 0 Å². The average molecular weight is 257 g/mol. The Morgan fingerprint density at radius 3 is 3.12 bits per heavy atom. The topological polar surface area (TPSA) is 28.2 Å². The smallest absolute Gasteiger partial charge is 0.185 e. The highest BCUT2D eigenvalue weighted by atomic mass is 32.2. The SMILES string of the molecule is CNC(C)c1cnc(N2CCSCC2C)s1. The van der Waals surface area contributed by atoms with Gasteiger partial charge in [0.25, 0.3) is 0 Å². The van der Waals surface area contributed by atoms with Crippen LogP contribution in [0.1, 0.15) is 24.8 Å². The number of hydrogen-bond acceptors (Lipinski definition) is 5. The largest absolute Gasteiger partial charge is 0.344 e. The van der Waals surface area contributed by atoms with Crippen molar-refractivity contribution < 1.29 is 0 Å². The van der Waals surface area contributed by atoms with E-state index in [0.29, 0.717) is 12.1 Å². The summed E-state index contributed by atoms with van der Waals surface area (Å²) in [5.74, 6) is 2.44. The van der Waals surface area contributed by atoms with Crippen LogP contribution in [0.15, 0.2) is 6.20 Å². The van der Waals surface area contributed by atoms with Crippen LogP contribution in [0.3, 0.4) is 0 Å². The van der Waals surface area contributed by atoms with E-state index in [1.807, 2.05) is 36.3 Å². The molecule has 1 aliphatic rings. The van der Waals surface area contributed by atoms with E-state index in [-0.39, 0.29) is 0 Å². The fourth-order valence-electron chi connectivity index (χ4n) is 1.76. The van der Waals surface area contributed by atoms with Gasteiger partial charge in [-0.3, -0.25) is 0 Å². The monoisotopic (exact) mass is 257 g/mol. The predicted molar refractivity (Wildman–Crippen MR) is 73.7 cm³/mol. The number of nitrogens with one attached hydrogen (secondary N) is 1. The van der Waals surface area contributed by atoms with Crippen molar-refractivity contribution in [2.45, 2.75) is 25.9 Å². The van der Waals surface area contributed by atoms with Crippen LogP contribution >= 0.6 is 23.1 Å². The Bertz CT molecular complexity index is 340. The molecule has 1 saturated heterocycles. The third kappa shape index (κ3) is 2.52. The molecule has 0 bridgehead atoms. The molecule has 1 aromatic heterocycles. The number of rotatable bonds is 3. The highest BCUT2D eigenvalue weighted by Crippen LogP contribution is 2.30. The van der Waals surface area contributed by atoms with Gasteiger partial charge in [0.15, 0.2) is 5.13 Å². The van der Waals surface area contributed by atoms with Crippen LogP contribution in [-0.2, 0) is 0 Å². The van der Waals surface area contributed by atoms with E-state index in [9.17, 15) is 0 Å². The molecule has 90 valence electrons. The molecular formula is C11H19N3S2. The summed E-state index contributed by atoms with van der Waals surface area (Å²) < 4.78 is 0. The minimum Gasteiger partial charge on any atom is -0.344 e. The van der Waals surface area contributed by atoms with Gasteiger partial charge in [0.2, 0.25) is 0 Å². The van der Waals surface area contributed by atoms with E-state index < -0.39 is 0 Å². The third-order valence-corrected chi connectivity index (χ3v) is 5.39. The maximum Gasteiger partial charge on any atom is 0.185 e. The van der Waals surface area contributed by atoms with Crippen molar-refractivity contribution in [2.75, 3.05) is 30.0 Å². The molecule has 1 aromatic rings. The Kier molecular flexibility index (Phi) is 4.10. The van der Waals surface area contributed by atoms with E-state index in [0.717, 1.165) is 6.54 Å². The van der Waals surface area contributed by atoms with E-state index >= 15 is 0 Å². The normalized spacial score (nSPS) is 23.4. The first-order chi connectivity index (χ1) is 7.72. The van der Waals surface area contributed by atoms with Crippen LogP contribution in [0.5, 0.6) is 0 Å². The summed E-state index contributed by atoms with van der Waals surface area (Å²) >= 11 is 3.86. The molecule has 5 heteroatoms. The lowest BCUT2D eigenvalue weighted by Crippen LogP contribution is -2.40. The second-order valence-corrected chi connectivity index (χ2v) is 6.36. The summed E-state index contributed by atoms with van der Waals surface area (Å²) in [6.07, 6.45) is 2.01. The molecule has 0 spiro atoms. The number of thiazole rings is 1. The molecule has 2 heterocycles. The van der Waals surface area contributed by atoms with Gasteiger partial charge in [0.05, 0.1) is 0 Å². The molecule has 0 aliphatic carbocycles. The van der Waals surface area contributed by atoms with Gasteiger partial charge >= 0.3 is 0 Å². The fraction of sp³-hybridized carbons (Fsp3) is 0.727. The molecule has 1 N–H and O–H groups in total. The fourth-order valence-corrected chi connectivity index (χ4v) is 3.88. The summed E-state index contributed by atoms with van der Waals surface area (Å²) in [7, 11) is 1.99. The molecule has 1 fully saturated rings. The lowest BCUT2D eigenvalue weighted by atomic mass is 10.3. The Balaban J connectivity index is 2.11. The molecule has 1 aliphatic heterocycles. The maximum atomic E-state index is 4.55. The number of nitrogens with zero attached hydrogens (tertiary/aromatic N) is 2. The van der Waals surface area contributed by atoms with Crippen molar-refractivity contribution in [1.82, 2.24) is 10.3 Å². The van der Waals surface area contributed by atoms with Gasteiger partial charge in [-0.05, 0) is 20.9 Å². The second kappa shape index (κ2) is 5.38. The van der Waals surface area contributed by atoms with Gasteiger partial charge in [-0.15, -0.1) is 11.3 Å². The van der Waals surface area contributed by atoms with E-state index in [1.54, 1.807) is 0 Å². The summed E-state index contributed by atoms with van der Waals surface area (Å²) in [4.78, 5) is 8.31. The van der Waals surface area contributed by atoms with E-state index in [2.05, 4.69) is 29.0 Å². The molecule has 2 unspecified atom stereocenters. The first kappa shape index (κ1) is 12.2. The van der Waals surface area contributed by atoms with Crippen molar-refractivity contribution in [3.05, 3.63) is 11.1 Å². The van der Waals surface area contributed by atoms with Crippen molar-refractivity contribution in [1.29, 1.82) is 0 Å². The highest BCUT2D eigenvalue weighted by Gasteiger charge is 2.22. The summed E-state index contributed by atoms with van der Waals surface area (Å²) in [5.41, 5.74) is 0. The van der Waals surface area contributed by atoms with Crippen molar-refractivity contribution in [2.24, 2.45) is 0 Å². The molecule has 0 amide bonds. The van der Waals surface area contributed by atoms with Gasteiger partial charge in [0.1, 0.15) is 0 Å². The van der Waals surface area contributed by atoms with Crippen LogP contribution in [-0.4, -0.2) is 36.1 Å². The first-order valence-corrected chi connectivity index (χ1v) is 7.67. The van der Waals surface area contributed by atoms with Crippen LogP contribution < -0.4 is 10.2 Å². The standard InChI is InChI=1S/C11H19N3S2/c1-8-7-15-5-4-14(8)11-13-6-10(16-11)9(2)12-3/h6,8-9,12H,4-5,7H2,1-3H3. The molecule has 2 atom stereocenters. The van der Waals surface area contributed by atoms with Crippen LogP contribution in [0.4, 0.5) is 5.13 Å². The zero-order chi connectivity index (χ0) is 11.5. The van der Waals surface area contributed by atoms with Crippen LogP contribution in [0.2, 0.25) is 0 Å². The highest BCUT2D eigenvalue weighted by molar-refractivity contribution is 7.99. The zero-order valence-electron chi connectivity index (χ0n) is 10.1. The zero-order valence-corrected chi connectivity index (χ0v) is 11.7. The van der Waals surface area contributed by atoms with E-state index in [4.69, 9.17) is 0 Å². The molecular weight excluding hydrogens is 238 g/mol. The van der Waals surface area contributed by atoms with E-state index in [1.165, 1.54) is 21.5 Å². The molecule has 0 saturated carbocycles. The Hall–Kier alpha value is -0.260. The average Bonchev–Trinajstić information content (AvgIpc) is 2.78. The Morgan fingerprint density at radius 2 is 2.44 bits per heavy atom. The van der Waals surface area contributed by atoms with Gasteiger partial charge < -0.3 is 10.2 Å². The minimum absolute atomic E-state index is 0.403. The quantitative estimate of drug-likeness (QED) is 0.900. The van der Waals surface area contributed by atoms with Crippen LogP contribution in [0, 0.1) is 0 Å². The van der Waals surface area contributed by atoms with Crippen molar-refractivity contribution in [3.63, 3.8) is 0 Å². The summed E-state index contributed by atoms with van der Waals surface area (Å²) in [6, 6.07) is 1.02. The third-order valence-electron chi connectivity index (χ3n) is 2.98. The molecule has 2 rings (SSSR count). The summed E-state index contributed by atoms with van der Waals surface area (Å²) in [6.45, 7) is 5.59. The van der Waals surface area contributed by atoms with Gasteiger partial charge in [-0.2, -0.15) is 11.8 Å². The minimum atomic E-state index is 0.403. The molecule has 3 nitrogen and oxygen atoms in total. The number of hydrogen-bond donors (Lipinski definition) is 1. The second-order valence-electron chi connectivity index (χ2n) is 4.17. The molecule has 16 heavy (non-hydrogen) atoms. The van der Waals surface area contributed by atoms with Gasteiger partial charge in [-0.1, -0.05) is 0 Å². The Labute approximate surface area is 106 Å².